The Morgan fingerprint density at radius 3 is 1.38 bits per heavy atom. The van der Waals surface area contributed by atoms with Crippen molar-refractivity contribution in [3.8, 4) is 11.5 Å². The summed E-state index contributed by atoms with van der Waals surface area (Å²) in [6.45, 7) is 17.2. The molecular weight excluding hydrogens is 1280 g/mol. The van der Waals surface area contributed by atoms with E-state index in [2.05, 4.69) is 60.0 Å². The number of para-hydroxylation sites is 2. The van der Waals surface area contributed by atoms with Crippen LogP contribution in [0.4, 0.5) is 0 Å². The van der Waals surface area contributed by atoms with Gasteiger partial charge in [0.25, 0.3) is 0 Å². The number of ether oxygens (including phenoxy) is 5. The molecule has 554 valence electrons. The molecule has 0 aromatic heterocycles. The minimum absolute atomic E-state index is 0.0417. The maximum absolute atomic E-state index is 16.0. The van der Waals surface area contributed by atoms with Crippen molar-refractivity contribution in [1.29, 1.82) is 0 Å². The molecule has 17 heteroatoms. The molecule has 0 bridgehead atoms. The normalized spacial score (nSPS) is 17.1. The van der Waals surface area contributed by atoms with Gasteiger partial charge in [0, 0.05) is 6.42 Å². The van der Waals surface area contributed by atoms with Crippen LogP contribution in [0.15, 0.2) is 121 Å². The monoisotopic (exact) mass is 1410 g/mol. The highest BCUT2D eigenvalue weighted by molar-refractivity contribution is 7.49. The first-order valence-electron chi connectivity index (χ1n) is 38.5. The van der Waals surface area contributed by atoms with E-state index >= 15 is 14.2 Å². The summed E-state index contributed by atoms with van der Waals surface area (Å²) in [7, 11) is -7.57. The average Bonchev–Trinajstić information content (AvgIpc) is 0.768. The van der Waals surface area contributed by atoms with Gasteiger partial charge in [-0.2, -0.15) is 0 Å². The molecule has 0 aliphatic carbocycles. The molecule has 0 saturated carbocycles. The van der Waals surface area contributed by atoms with E-state index in [0.29, 0.717) is 25.7 Å². The van der Waals surface area contributed by atoms with Crippen LogP contribution in [-0.2, 0) is 69.6 Å². The largest absolute Gasteiger partial charge is 0.588 e. The van der Waals surface area contributed by atoms with E-state index in [-0.39, 0.29) is 61.6 Å². The highest BCUT2D eigenvalue weighted by Gasteiger charge is 2.55. The Kier molecular flexibility index (Phi) is 42.0. The number of rotatable bonds is 55. The number of hydrogen-bond acceptors (Lipinski definition) is 14. The zero-order chi connectivity index (χ0) is 71.2. The zero-order valence-corrected chi connectivity index (χ0v) is 64.0. The summed E-state index contributed by atoms with van der Waals surface area (Å²) in [5.41, 5.74) is 1.72. The Morgan fingerprint density at radius 2 is 0.919 bits per heavy atom. The van der Waals surface area contributed by atoms with E-state index < -0.39 is 83.1 Å². The van der Waals surface area contributed by atoms with Gasteiger partial charge in [0.2, 0.25) is 5.91 Å². The summed E-state index contributed by atoms with van der Waals surface area (Å²) < 4.78 is 75.4. The number of carbonyl (C=O) groups excluding carboxylic acids is 4. The predicted octanol–water partition coefficient (Wildman–Crippen LogP) is 21.8. The maximum atomic E-state index is 16.0. The lowest BCUT2D eigenvalue weighted by Gasteiger charge is -2.47. The number of benzene rings is 4. The lowest BCUT2D eigenvalue weighted by Crippen LogP contribution is -2.66. The van der Waals surface area contributed by atoms with Gasteiger partial charge in [-0.05, 0) is 79.2 Å². The van der Waals surface area contributed by atoms with Gasteiger partial charge in [-0.1, -0.05) is 312 Å². The summed E-state index contributed by atoms with van der Waals surface area (Å²) >= 11 is 0. The van der Waals surface area contributed by atoms with Gasteiger partial charge >= 0.3 is 25.7 Å². The summed E-state index contributed by atoms with van der Waals surface area (Å²) in [5, 5.41) is 2.91. The van der Waals surface area contributed by atoms with E-state index in [0.717, 1.165) is 81.8 Å². The molecule has 1 aliphatic rings. The van der Waals surface area contributed by atoms with Crippen molar-refractivity contribution in [2.45, 2.75) is 340 Å². The Hall–Kier alpha value is -5.35. The molecular formula is C82H128NO14PSi. The number of esters is 3. The second-order valence-electron chi connectivity index (χ2n) is 29.0. The number of phosphoric ester groups is 1. The van der Waals surface area contributed by atoms with Crippen LogP contribution < -0.4 is 14.4 Å². The van der Waals surface area contributed by atoms with Crippen LogP contribution in [-0.4, -0.2) is 81.4 Å². The lowest BCUT2D eigenvalue weighted by molar-refractivity contribution is -0.210. The molecule has 1 N–H and O–H groups in total. The molecule has 99 heavy (non-hydrogen) atoms. The highest BCUT2D eigenvalue weighted by Crippen LogP contribution is 2.53. The molecule has 0 radical (unpaired) electrons. The van der Waals surface area contributed by atoms with Crippen LogP contribution in [0.5, 0.6) is 11.5 Å². The standard InChI is InChI=1S/C82H128NO14PSi/c1-9-12-15-18-21-24-25-28-31-34-49-60-76(85)92-72(59-44-33-30-27-23-20-17-14-11-3)62-78(87)94-81-79(83-75(84)61-71(89-64-67-50-39-35-40-51-67)58-43-32-29-26-22-19-16-13-10-2)73(63-77(86)90-65-68-52-41-36-42-53-68)93-74(66-91-99(7,8)82(4,5)6)80(81)97-98(88,95-69-54-45-37-46-55-69)96-70-56-47-38-48-57-70/h35-42,45-48,50-57,71-74,79-81H,9-34,43-44,49,58-66H2,1-8H3,(H,83,84)/t71-,72-,73-,74-,79+,80-,81-/m1/s1. The van der Waals surface area contributed by atoms with Gasteiger partial charge in [-0.25, -0.2) is 4.57 Å². The Bertz CT molecular complexity index is 2760. The van der Waals surface area contributed by atoms with Crippen molar-refractivity contribution in [2.24, 2.45) is 0 Å². The van der Waals surface area contributed by atoms with Crippen LogP contribution >= 0.6 is 7.82 Å². The van der Waals surface area contributed by atoms with Crippen LogP contribution in [0.25, 0.3) is 0 Å². The molecule has 1 heterocycles. The number of carbonyl (C=O) groups is 4. The van der Waals surface area contributed by atoms with E-state index in [1.165, 1.54) is 103 Å². The number of unbranched alkanes of at least 4 members (excludes halogenated alkanes) is 26. The van der Waals surface area contributed by atoms with Gasteiger partial charge < -0.3 is 42.5 Å². The molecule has 4 aromatic carbocycles. The second-order valence-corrected chi connectivity index (χ2v) is 35.2. The molecule has 5 rings (SSSR count). The molecule has 1 aliphatic heterocycles. The number of nitrogens with one attached hydrogen (secondary N) is 1. The zero-order valence-electron chi connectivity index (χ0n) is 62.1. The highest BCUT2D eigenvalue weighted by atomic mass is 31.2. The smallest absolute Gasteiger partial charge is 0.462 e. The van der Waals surface area contributed by atoms with Crippen LogP contribution in [0.2, 0.25) is 18.1 Å². The summed E-state index contributed by atoms with van der Waals surface area (Å²) in [6, 6.07) is 34.7. The third-order valence-corrected chi connectivity index (χ3v) is 25.1. The topological polar surface area (TPSA) is 180 Å². The quantitative estimate of drug-likeness (QED) is 0.0145. The molecule has 15 nitrogen and oxygen atoms in total. The molecule has 4 aromatic rings. The predicted molar refractivity (Wildman–Crippen MR) is 400 cm³/mol. The molecule has 1 saturated heterocycles. The number of phosphoric acid groups is 1. The SMILES string of the molecule is CCCCCCCCCCCCCC(=O)O[C@H](CCCCCCCCCCC)CC(=O)O[C@@H]1[C@@H](NC(=O)C[C@@H](CCCCCCCCCCC)OCc2ccccc2)[C@@H](CC(=O)OCc2ccccc2)O[C@H](CO[Si](C)(C)C(C)(C)C)[C@H]1OP(=O)(Oc1ccccc1)Oc1ccccc1. The van der Waals surface area contributed by atoms with E-state index in [9.17, 15) is 9.59 Å². The minimum atomic E-state index is -4.90. The third kappa shape index (κ3) is 35.9. The molecule has 7 atom stereocenters. The summed E-state index contributed by atoms with van der Waals surface area (Å²) in [6.07, 6.45) is 25.7. The van der Waals surface area contributed by atoms with E-state index in [1.54, 1.807) is 60.7 Å². The van der Waals surface area contributed by atoms with Gasteiger partial charge in [-0.15, -0.1) is 0 Å². The van der Waals surface area contributed by atoms with Gasteiger partial charge in [0.05, 0.1) is 50.7 Å². The van der Waals surface area contributed by atoms with Crippen molar-refractivity contribution in [1.82, 2.24) is 5.32 Å². The molecule has 1 fully saturated rings. The Morgan fingerprint density at radius 1 is 0.495 bits per heavy atom. The number of amides is 1. The second kappa shape index (κ2) is 49.3. The van der Waals surface area contributed by atoms with Crippen molar-refractivity contribution in [3.63, 3.8) is 0 Å². The van der Waals surface area contributed by atoms with Gasteiger partial charge in [-0.3, -0.25) is 23.7 Å². The first-order chi connectivity index (χ1) is 47.9. The summed E-state index contributed by atoms with van der Waals surface area (Å²) in [4.78, 5) is 59.3. The third-order valence-electron chi connectivity index (χ3n) is 19.3. The van der Waals surface area contributed by atoms with E-state index in [4.69, 9.17) is 41.7 Å². The average molecular weight is 1410 g/mol. The first-order valence-corrected chi connectivity index (χ1v) is 42.9. The Balaban J connectivity index is 1.58. The summed E-state index contributed by atoms with van der Waals surface area (Å²) in [5.74, 6) is -1.96. The molecule has 0 unspecified atom stereocenters. The minimum Gasteiger partial charge on any atom is -0.462 e. The fraction of sp³-hybridized carbons (Fsp3) is 0.659. The number of hydrogen-bond donors (Lipinski definition) is 1. The van der Waals surface area contributed by atoms with Crippen LogP contribution in [0, 0.1) is 0 Å². The van der Waals surface area contributed by atoms with Crippen molar-refractivity contribution in [3.05, 3.63) is 132 Å². The lowest BCUT2D eigenvalue weighted by atomic mass is 9.90. The Labute approximate surface area is 598 Å². The van der Waals surface area contributed by atoms with Crippen molar-refractivity contribution >= 4 is 40.0 Å². The van der Waals surface area contributed by atoms with Gasteiger partial charge in [0.1, 0.15) is 36.4 Å². The molecule has 1 amide bonds. The van der Waals surface area contributed by atoms with Crippen LogP contribution in [0.3, 0.4) is 0 Å². The fourth-order valence-electron chi connectivity index (χ4n) is 12.3. The van der Waals surface area contributed by atoms with E-state index in [1.807, 2.05) is 60.7 Å². The van der Waals surface area contributed by atoms with Crippen molar-refractivity contribution in [2.75, 3.05) is 6.61 Å². The van der Waals surface area contributed by atoms with Crippen molar-refractivity contribution < 1.29 is 65.4 Å². The van der Waals surface area contributed by atoms with Gasteiger partial charge in [0.15, 0.2) is 14.4 Å². The van der Waals surface area contributed by atoms with Crippen LogP contribution in [0.1, 0.15) is 277 Å². The first kappa shape index (κ1) is 84.3. The maximum Gasteiger partial charge on any atom is 0.588 e. The molecule has 0 spiro atoms. The fourth-order valence-corrected chi connectivity index (χ4v) is 14.7.